The third-order valence-corrected chi connectivity index (χ3v) is 4.86. The molecule has 0 saturated carbocycles. The Labute approximate surface area is 179 Å². The number of benzene rings is 3. The molecule has 3 N–H and O–H groups in total. The van der Waals surface area contributed by atoms with Crippen LogP contribution in [0.2, 0.25) is 0 Å². The summed E-state index contributed by atoms with van der Waals surface area (Å²) >= 11 is 0. The van der Waals surface area contributed by atoms with Gasteiger partial charge < -0.3 is 25.2 Å². The summed E-state index contributed by atoms with van der Waals surface area (Å²) in [5, 5.41) is 15.2. The van der Waals surface area contributed by atoms with Gasteiger partial charge in [0.05, 0.1) is 5.69 Å². The van der Waals surface area contributed by atoms with Crippen molar-refractivity contribution in [3.05, 3.63) is 83.9 Å². The van der Waals surface area contributed by atoms with Crippen LogP contribution in [0.4, 0.5) is 5.69 Å². The molecule has 0 saturated heterocycles. The van der Waals surface area contributed by atoms with Crippen LogP contribution in [-0.2, 0) is 11.2 Å². The van der Waals surface area contributed by atoms with E-state index in [0.717, 1.165) is 5.56 Å². The van der Waals surface area contributed by atoms with Gasteiger partial charge in [-0.05, 0) is 42.0 Å². The number of nitrogens with one attached hydrogen (secondary N) is 2. The Kier molecular flexibility index (Phi) is 6.03. The second-order valence-electron chi connectivity index (χ2n) is 7.08. The van der Waals surface area contributed by atoms with Gasteiger partial charge >= 0.3 is 0 Å². The van der Waals surface area contributed by atoms with Crippen molar-refractivity contribution in [3.63, 3.8) is 0 Å². The Morgan fingerprint density at radius 1 is 0.903 bits per heavy atom. The minimum absolute atomic E-state index is 0.131. The molecule has 0 radical (unpaired) electrons. The smallest absolute Gasteiger partial charge is 0.251 e. The third kappa shape index (κ3) is 4.95. The predicted octanol–water partition coefficient (Wildman–Crippen LogP) is 3.14. The summed E-state index contributed by atoms with van der Waals surface area (Å²) in [6.45, 7) is 0.836. The lowest BCUT2D eigenvalue weighted by Gasteiger charge is -2.23. The number of hydrogen-bond acceptors (Lipinski definition) is 5. The molecule has 0 aliphatic carbocycles. The average Bonchev–Trinajstić information content (AvgIpc) is 2.81. The zero-order valence-electron chi connectivity index (χ0n) is 16.7. The molecular weight excluding hydrogens is 396 g/mol. The van der Waals surface area contributed by atoms with Crippen LogP contribution >= 0.6 is 0 Å². The van der Waals surface area contributed by atoms with Crippen LogP contribution in [-0.4, -0.2) is 36.2 Å². The Bertz CT molecular complexity index is 1070. The van der Waals surface area contributed by atoms with E-state index >= 15 is 0 Å². The zero-order valence-corrected chi connectivity index (χ0v) is 16.7. The molecule has 3 aromatic rings. The van der Waals surface area contributed by atoms with Crippen molar-refractivity contribution in [2.75, 3.05) is 18.5 Å². The molecule has 0 spiro atoms. The number of rotatable bonds is 6. The van der Waals surface area contributed by atoms with Crippen LogP contribution in [0, 0.1) is 0 Å². The van der Waals surface area contributed by atoms with E-state index in [-0.39, 0.29) is 24.0 Å². The quantitative estimate of drug-likeness (QED) is 0.572. The maximum atomic E-state index is 13.2. The Morgan fingerprint density at radius 3 is 2.42 bits per heavy atom. The van der Waals surface area contributed by atoms with Crippen LogP contribution in [0.15, 0.2) is 72.8 Å². The molecule has 1 unspecified atom stereocenters. The number of aromatic hydroxyl groups is 1. The topological polar surface area (TPSA) is 96.9 Å². The molecule has 31 heavy (non-hydrogen) atoms. The summed E-state index contributed by atoms with van der Waals surface area (Å²) in [7, 11) is 0. The van der Waals surface area contributed by atoms with Crippen LogP contribution in [0.3, 0.4) is 0 Å². The summed E-state index contributed by atoms with van der Waals surface area (Å²) in [6, 6.07) is 19.6. The fourth-order valence-corrected chi connectivity index (χ4v) is 3.30. The monoisotopic (exact) mass is 418 g/mol. The number of carbonyl (C=O) groups is 2. The van der Waals surface area contributed by atoms with Crippen LogP contribution in [0.1, 0.15) is 15.9 Å². The number of ether oxygens (including phenoxy) is 2. The SMILES string of the molecule is O=C(NC(Cc1ccc(O)cc1)C(=O)Nc1cccc2c1OCCO2)c1ccccc1. The van der Waals surface area contributed by atoms with Crippen LogP contribution in [0.25, 0.3) is 0 Å². The fourth-order valence-electron chi connectivity index (χ4n) is 3.30. The minimum atomic E-state index is -0.849. The van der Waals surface area contributed by atoms with Crippen molar-refractivity contribution in [2.45, 2.75) is 12.5 Å². The van der Waals surface area contributed by atoms with E-state index < -0.39 is 6.04 Å². The van der Waals surface area contributed by atoms with E-state index in [1.807, 2.05) is 6.07 Å². The lowest BCUT2D eigenvalue weighted by molar-refractivity contribution is -0.118. The lowest BCUT2D eigenvalue weighted by atomic mass is 10.0. The first-order chi connectivity index (χ1) is 15.1. The van der Waals surface area contributed by atoms with Gasteiger partial charge in [-0.25, -0.2) is 0 Å². The van der Waals surface area contributed by atoms with Crippen molar-refractivity contribution in [1.29, 1.82) is 0 Å². The number of phenols is 1. The van der Waals surface area contributed by atoms with E-state index in [9.17, 15) is 14.7 Å². The summed E-state index contributed by atoms with van der Waals surface area (Å²) in [5.74, 6) is 0.424. The first kappa shape index (κ1) is 20.3. The van der Waals surface area contributed by atoms with Crippen molar-refractivity contribution >= 4 is 17.5 Å². The third-order valence-electron chi connectivity index (χ3n) is 4.86. The highest BCUT2D eigenvalue weighted by molar-refractivity contribution is 6.02. The summed E-state index contributed by atoms with van der Waals surface area (Å²) in [6.07, 6.45) is 0.247. The number of carbonyl (C=O) groups excluding carboxylic acids is 2. The predicted molar refractivity (Wildman–Crippen MR) is 116 cm³/mol. The second kappa shape index (κ2) is 9.21. The van der Waals surface area contributed by atoms with Gasteiger partial charge in [0, 0.05) is 12.0 Å². The molecule has 7 nitrogen and oxygen atoms in total. The summed E-state index contributed by atoms with van der Waals surface area (Å²) in [4.78, 5) is 25.9. The second-order valence-corrected chi connectivity index (χ2v) is 7.08. The van der Waals surface area contributed by atoms with Gasteiger partial charge in [0.25, 0.3) is 5.91 Å². The first-order valence-electron chi connectivity index (χ1n) is 9.93. The van der Waals surface area contributed by atoms with Crippen molar-refractivity contribution in [3.8, 4) is 17.2 Å². The van der Waals surface area contributed by atoms with Gasteiger partial charge in [0.1, 0.15) is 25.0 Å². The molecule has 2 amide bonds. The molecule has 1 aliphatic heterocycles. The fraction of sp³-hybridized carbons (Fsp3) is 0.167. The number of hydrogen-bond donors (Lipinski definition) is 3. The van der Waals surface area contributed by atoms with E-state index in [2.05, 4.69) is 10.6 Å². The Morgan fingerprint density at radius 2 is 1.65 bits per heavy atom. The highest BCUT2D eigenvalue weighted by Crippen LogP contribution is 2.37. The van der Waals surface area contributed by atoms with Crippen LogP contribution < -0.4 is 20.1 Å². The van der Waals surface area contributed by atoms with Gasteiger partial charge in [0.15, 0.2) is 11.5 Å². The maximum absolute atomic E-state index is 13.2. The molecule has 0 aromatic heterocycles. The van der Waals surface area contributed by atoms with Crippen molar-refractivity contribution in [1.82, 2.24) is 5.32 Å². The summed E-state index contributed by atoms with van der Waals surface area (Å²) in [5.41, 5.74) is 1.73. The number of phenolic OH excluding ortho intramolecular Hbond substituents is 1. The number of fused-ring (bicyclic) bond motifs is 1. The lowest BCUT2D eigenvalue weighted by Crippen LogP contribution is -2.45. The molecule has 158 valence electrons. The molecule has 1 heterocycles. The first-order valence-corrected chi connectivity index (χ1v) is 9.93. The molecule has 1 atom stereocenters. The Hall–Kier alpha value is -4.00. The van der Waals surface area contributed by atoms with Crippen molar-refractivity contribution < 1.29 is 24.2 Å². The van der Waals surface area contributed by atoms with Gasteiger partial charge in [-0.2, -0.15) is 0 Å². The molecule has 0 bridgehead atoms. The van der Waals surface area contributed by atoms with Crippen LogP contribution in [0.5, 0.6) is 17.2 Å². The van der Waals surface area contributed by atoms with Gasteiger partial charge in [0.2, 0.25) is 5.91 Å². The highest BCUT2D eigenvalue weighted by Gasteiger charge is 2.24. The average molecular weight is 418 g/mol. The highest BCUT2D eigenvalue weighted by atomic mass is 16.6. The number of para-hydroxylation sites is 1. The van der Waals surface area contributed by atoms with E-state index in [1.54, 1.807) is 66.7 Å². The molecule has 7 heteroatoms. The normalized spacial score (nSPS) is 13.2. The summed E-state index contributed by atoms with van der Waals surface area (Å²) < 4.78 is 11.2. The number of anilines is 1. The number of amides is 2. The standard InChI is InChI=1S/C24H22N2O5/c27-18-11-9-16(10-12-18)15-20(26-23(28)17-5-2-1-3-6-17)24(29)25-19-7-4-8-21-22(19)31-14-13-30-21/h1-12,20,27H,13-15H2,(H,25,29)(H,26,28). The molecule has 1 aliphatic rings. The Balaban J connectivity index is 1.56. The van der Waals surface area contributed by atoms with E-state index in [0.29, 0.717) is 36.0 Å². The van der Waals surface area contributed by atoms with Gasteiger partial charge in [-0.3, -0.25) is 9.59 Å². The van der Waals surface area contributed by atoms with Gasteiger partial charge in [-0.15, -0.1) is 0 Å². The minimum Gasteiger partial charge on any atom is -0.508 e. The largest absolute Gasteiger partial charge is 0.508 e. The molecule has 0 fully saturated rings. The maximum Gasteiger partial charge on any atom is 0.251 e. The van der Waals surface area contributed by atoms with Crippen molar-refractivity contribution in [2.24, 2.45) is 0 Å². The molecular formula is C24H22N2O5. The molecule has 4 rings (SSSR count). The van der Waals surface area contributed by atoms with Gasteiger partial charge in [-0.1, -0.05) is 36.4 Å². The van der Waals surface area contributed by atoms with E-state index in [4.69, 9.17) is 9.47 Å². The molecule has 3 aromatic carbocycles. The van der Waals surface area contributed by atoms with E-state index in [1.165, 1.54) is 0 Å². The zero-order chi connectivity index (χ0) is 21.6.